The zero-order chi connectivity index (χ0) is 22.1. The average Bonchev–Trinajstić information content (AvgIpc) is 2.97. The van der Waals surface area contributed by atoms with Gasteiger partial charge in [0.1, 0.15) is 17.0 Å². The van der Waals surface area contributed by atoms with E-state index in [1.54, 1.807) is 25.1 Å². The number of amides is 3. The minimum Gasteiger partial charge on any atom is -0.497 e. The summed E-state index contributed by atoms with van der Waals surface area (Å²) in [5.41, 5.74) is 0.852. The Bertz CT molecular complexity index is 984. The zero-order valence-electron chi connectivity index (χ0n) is 17.8. The van der Waals surface area contributed by atoms with E-state index in [-0.39, 0.29) is 12.1 Å². The van der Waals surface area contributed by atoms with Gasteiger partial charge in [0.25, 0.3) is 5.91 Å². The maximum absolute atomic E-state index is 13.1. The zero-order valence-corrected chi connectivity index (χ0v) is 17.8. The molecule has 0 aliphatic carbocycles. The number of urea groups is 1. The summed E-state index contributed by atoms with van der Waals surface area (Å²) >= 11 is 0. The summed E-state index contributed by atoms with van der Waals surface area (Å²) in [5.74, 6) is 0.339. The van der Waals surface area contributed by atoms with Gasteiger partial charge in [-0.3, -0.25) is 14.5 Å². The second-order valence-corrected chi connectivity index (χ2v) is 7.71. The summed E-state index contributed by atoms with van der Waals surface area (Å²) in [6.45, 7) is 5.43. The summed E-state index contributed by atoms with van der Waals surface area (Å²) < 4.78 is 10.4. The Morgan fingerprint density at radius 2 is 1.73 bits per heavy atom. The Morgan fingerprint density at radius 3 is 2.30 bits per heavy atom. The van der Waals surface area contributed by atoms with E-state index < -0.39 is 23.3 Å². The third-order valence-corrected chi connectivity index (χ3v) is 5.44. The van der Waals surface area contributed by atoms with Crippen LogP contribution in [0.3, 0.4) is 0 Å². The first-order valence-corrected chi connectivity index (χ1v) is 9.71. The summed E-state index contributed by atoms with van der Waals surface area (Å²) in [7, 11) is 2.95. The number of methoxy groups -OCH3 is 2. The van der Waals surface area contributed by atoms with Crippen molar-refractivity contribution in [3.8, 4) is 11.5 Å². The van der Waals surface area contributed by atoms with Gasteiger partial charge in [0, 0.05) is 6.07 Å². The number of hydrogen-bond acceptors (Lipinski definition) is 5. The molecule has 1 aliphatic heterocycles. The quantitative estimate of drug-likeness (QED) is 0.558. The van der Waals surface area contributed by atoms with E-state index in [0.717, 1.165) is 10.5 Å². The first-order valence-electron chi connectivity index (χ1n) is 9.71. The van der Waals surface area contributed by atoms with Crippen molar-refractivity contribution in [1.82, 2.24) is 10.2 Å². The smallest absolute Gasteiger partial charge is 0.325 e. The maximum Gasteiger partial charge on any atom is 0.325 e. The van der Waals surface area contributed by atoms with Gasteiger partial charge in [-0.05, 0) is 36.1 Å². The number of benzene rings is 2. The average molecular weight is 410 g/mol. The molecule has 0 saturated carbocycles. The van der Waals surface area contributed by atoms with E-state index in [4.69, 9.17) is 9.47 Å². The number of nitrogens with zero attached hydrogens (tertiary/aromatic N) is 1. The molecule has 0 unspecified atom stereocenters. The number of nitrogens with one attached hydrogen (secondary N) is 1. The molecule has 3 rings (SSSR count). The van der Waals surface area contributed by atoms with Crippen molar-refractivity contribution >= 4 is 17.7 Å². The fourth-order valence-electron chi connectivity index (χ4n) is 3.50. The van der Waals surface area contributed by atoms with Crippen molar-refractivity contribution < 1.29 is 23.9 Å². The first kappa shape index (κ1) is 21.4. The molecule has 7 heteroatoms. The molecule has 0 radical (unpaired) electrons. The molecule has 0 bridgehead atoms. The summed E-state index contributed by atoms with van der Waals surface area (Å²) in [6.07, 6.45) is 0. The third kappa shape index (κ3) is 3.75. The lowest BCUT2D eigenvalue weighted by molar-refractivity contribution is -0.130. The summed E-state index contributed by atoms with van der Waals surface area (Å²) in [6, 6.07) is 11.7. The van der Waals surface area contributed by atoms with Crippen LogP contribution in [-0.4, -0.2) is 43.4 Å². The molecule has 1 heterocycles. The van der Waals surface area contributed by atoms with E-state index in [1.165, 1.54) is 14.2 Å². The summed E-state index contributed by atoms with van der Waals surface area (Å²) in [4.78, 5) is 39.5. The molecule has 158 valence electrons. The highest BCUT2D eigenvalue weighted by atomic mass is 16.5. The van der Waals surface area contributed by atoms with Crippen LogP contribution in [0.25, 0.3) is 0 Å². The van der Waals surface area contributed by atoms with Gasteiger partial charge in [-0.1, -0.05) is 38.1 Å². The Morgan fingerprint density at radius 1 is 1.07 bits per heavy atom. The molecule has 1 N–H and O–H groups in total. The van der Waals surface area contributed by atoms with Crippen molar-refractivity contribution in [3.63, 3.8) is 0 Å². The molecule has 1 atom stereocenters. The van der Waals surface area contributed by atoms with Crippen LogP contribution in [0.5, 0.6) is 11.5 Å². The molecule has 1 aliphatic rings. The van der Waals surface area contributed by atoms with Gasteiger partial charge < -0.3 is 14.8 Å². The van der Waals surface area contributed by atoms with Crippen LogP contribution in [0.4, 0.5) is 4.79 Å². The lowest BCUT2D eigenvalue weighted by Crippen LogP contribution is -2.41. The Hall–Kier alpha value is -3.35. The van der Waals surface area contributed by atoms with Crippen LogP contribution in [0.2, 0.25) is 0 Å². The van der Waals surface area contributed by atoms with Crippen LogP contribution >= 0.6 is 0 Å². The molecular weight excluding hydrogens is 384 g/mol. The Balaban J connectivity index is 1.83. The van der Waals surface area contributed by atoms with Crippen LogP contribution in [0.1, 0.15) is 48.2 Å². The SMILES string of the molecule is COc1ccc(C(=O)CN2C(=O)N[C@@](C)(c3ccc(C(C)C)cc3)C2=O)c(OC)c1. The number of hydrogen-bond donors (Lipinski definition) is 1. The maximum atomic E-state index is 13.1. The molecule has 30 heavy (non-hydrogen) atoms. The highest BCUT2D eigenvalue weighted by Gasteiger charge is 2.49. The minimum atomic E-state index is -1.23. The van der Waals surface area contributed by atoms with Gasteiger partial charge in [0.05, 0.1) is 26.3 Å². The molecule has 1 fully saturated rings. The van der Waals surface area contributed by atoms with Gasteiger partial charge in [0.15, 0.2) is 5.78 Å². The van der Waals surface area contributed by atoms with Gasteiger partial charge in [-0.25, -0.2) is 4.79 Å². The molecular formula is C23H26N2O5. The lowest BCUT2D eigenvalue weighted by Gasteiger charge is -2.23. The van der Waals surface area contributed by atoms with Gasteiger partial charge >= 0.3 is 6.03 Å². The molecule has 2 aromatic rings. The van der Waals surface area contributed by atoms with E-state index >= 15 is 0 Å². The van der Waals surface area contributed by atoms with E-state index in [1.807, 2.05) is 24.3 Å². The number of rotatable bonds is 7. The van der Waals surface area contributed by atoms with E-state index in [0.29, 0.717) is 23.0 Å². The highest BCUT2D eigenvalue weighted by Crippen LogP contribution is 2.31. The fraction of sp³-hybridized carbons (Fsp3) is 0.348. The molecule has 1 saturated heterocycles. The molecule has 7 nitrogen and oxygen atoms in total. The topological polar surface area (TPSA) is 84.9 Å². The third-order valence-electron chi connectivity index (χ3n) is 5.44. The largest absolute Gasteiger partial charge is 0.497 e. The Labute approximate surface area is 176 Å². The second-order valence-electron chi connectivity index (χ2n) is 7.71. The number of ether oxygens (including phenoxy) is 2. The highest BCUT2D eigenvalue weighted by molar-refractivity contribution is 6.11. The van der Waals surface area contributed by atoms with Crippen LogP contribution < -0.4 is 14.8 Å². The number of carbonyl (C=O) groups excluding carboxylic acids is 3. The predicted molar refractivity (Wildman–Crippen MR) is 112 cm³/mol. The molecule has 0 spiro atoms. The van der Waals surface area contributed by atoms with Crippen molar-refractivity contribution in [2.45, 2.75) is 32.2 Å². The van der Waals surface area contributed by atoms with Crippen molar-refractivity contribution in [3.05, 3.63) is 59.2 Å². The normalized spacial score (nSPS) is 18.5. The van der Waals surface area contributed by atoms with Gasteiger partial charge in [-0.2, -0.15) is 0 Å². The van der Waals surface area contributed by atoms with Crippen molar-refractivity contribution in [2.75, 3.05) is 20.8 Å². The molecule has 3 amide bonds. The number of imide groups is 1. The van der Waals surface area contributed by atoms with Gasteiger partial charge in [-0.15, -0.1) is 0 Å². The van der Waals surface area contributed by atoms with Crippen molar-refractivity contribution in [1.29, 1.82) is 0 Å². The fourth-order valence-corrected chi connectivity index (χ4v) is 3.50. The van der Waals surface area contributed by atoms with Crippen LogP contribution in [0.15, 0.2) is 42.5 Å². The predicted octanol–water partition coefficient (Wildman–Crippen LogP) is 3.48. The first-order chi connectivity index (χ1) is 14.2. The second kappa shape index (κ2) is 8.18. The monoisotopic (exact) mass is 410 g/mol. The van der Waals surface area contributed by atoms with Crippen LogP contribution in [0, 0.1) is 0 Å². The van der Waals surface area contributed by atoms with E-state index in [2.05, 4.69) is 19.2 Å². The number of Topliss-reactive ketones (excluding diaryl/α,β-unsaturated/α-hetero) is 1. The lowest BCUT2D eigenvalue weighted by atomic mass is 9.90. The number of carbonyl (C=O) groups is 3. The standard InChI is InChI=1S/C23H26N2O5/c1-14(2)15-6-8-16(9-7-15)23(3)21(27)25(22(28)24-23)13-19(26)18-11-10-17(29-4)12-20(18)30-5/h6-12,14H,13H2,1-5H3,(H,24,28)/t23-/m0/s1. The molecule has 0 aromatic heterocycles. The number of ketones is 1. The minimum absolute atomic E-state index is 0.272. The van der Waals surface area contributed by atoms with E-state index in [9.17, 15) is 14.4 Å². The summed E-state index contributed by atoms with van der Waals surface area (Å²) in [5, 5.41) is 2.73. The molecule has 2 aromatic carbocycles. The van der Waals surface area contributed by atoms with Crippen molar-refractivity contribution in [2.24, 2.45) is 0 Å². The van der Waals surface area contributed by atoms with Crippen LogP contribution in [-0.2, 0) is 10.3 Å². The Kier molecular flexibility index (Phi) is 5.82. The van der Waals surface area contributed by atoms with Gasteiger partial charge in [0.2, 0.25) is 0 Å².